The Kier molecular flexibility index (Phi) is 11.0. The summed E-state index contributed by atoms with van der Waals surface area (Å²) in [4.78, 5) is 11.0. The fourth-order valence-electron chi connectivity index (χ4n) is 14.7. The molecule has 0 atom stereocenters. The van der Waals surface area contributed by atoms with Crippen LogP contribution in [0.3, 0.4) is 0 Å². The van der Waals surface area contributed by atoms with Gasteiger partial charge in [0.15, 0.2) is 5.82 Å². The van der Waals surface area contributed by atoms with Gasteiger partial charge < -0.3 is 18.3 Å². The van der Waals surface area contributed by atoms with Gasteiger partial charge in [0, 0.05) is 82.4 Å². The van der Waals surface area contributed by atoms with Crippen molar-refractivity contribution in [2.45, 2.75) is 0 Å². The molecular formula is C84H52N6. The molecule has 5 aromatic heterocycles. The van der Waals surface area contributed by atoms with Crippen molar-refractivity contribution in [3.05, 3.63) is 315 Å². The van der Waals surface area contributed by atoms with Crippen LogP contribution in [0, 0.1) is 0 Å². The predicted octanol–water partition coefficient (Wildman–Crippen LogP) is 21.8. The highest BCUT2D eigenvalue weighted by Gasteiger charge is 2.23. The molecule has 14 aromatic carbocycles. The summed E-state index contributed by atoms with van der Waals surface area (Å²) >= 11 is 0. The minimum absolute atomic E-state index is 0.680. The lowest BCUT2D eigenvalue weighted by Gasteiger charge is -2.17. The fraction of sp³-hybridized carbons (Fsp3) is 0. The van der Waals surface area contributed by atoms with E-state index < -0.39 is 0 Å². The molecule has 5 heterocycles. The van der Waals surface area contributed by atoms with Gasteiger partial charge in [-0.05, 0) is 154 Å². The molecule has 0 aliphatic carbocycles. The topological polar surface area (TPSA) is 45.5 Å². The van der Waals surface area contributed by atoms with Crippen LogP contribution in [-0.2, 0) is 0 Å². The van der Waals surface area contributed by atoms with Crippen LogP contribution in [0.2, 0.25) is 0 Å². The Hall–Kier alpha value is -12.1. The monoisotopic (exact) mass is 1140 g/mol. The molecule has 0 aliphatic heterocycles. The van der Waals surface area contributed by atoms with Gasteiger partial charge in [-0.25, -0.2) is 9.97 Å². The number of rotatable bonds is 8. The van der Waals surface area contributed by atoms with Gasteiger partial charge in [-0.1, -0.05) is 194 Å². The predicted molar refractivity (Wildman–Crippen MR) is 376 cm³/mol. The molecule has 0 fully saturated rings. The number of benzene rings is 14. The Morgan fingerprint density at radius 1 is 0.200 bits per heavy atom. The van der Waals surface area contributed by atoms with Crippen molar-refractivity contribution < 1.29 is 0 Å². The number of para-hydroxylation sites is 6. The zero-order valence-corrected chi connectivity index (χ0v) is 48.7. The van der Waals surface area contributed by atoms with Crippen molar-refractivity contribution in [1.29, 1.82) is 0 Å². The van der Waals surface area contributed by atoms with E-state index in [4.69, 9.17) is 9.97 Å². The quantitative estimate of drug-likeness (QED) is 0.142. The van der Waals surface area contributed by atoms with Crippen LogP contribution >= 0.6 is 0 Å². The molecule has 90 heavy (non-hydrogen) atoms. The Morgan fingerprint density at radius 2 is 0.544 bits per heavy atom. The van der Waals surface area contributed by atoms with Gasteiger partial charge in [-0.3, -0.25) is 0 Å². The van der Waals surface area contributed by atoms with E-state index in [2.05, 4.69) is 328 Å². The van der Waals surface area contributed by atoms with E-state index in [0.29, 0.717) is 5.82 Å². The highest BCUT2D eigenvalue weighted by Crippen LogP contribution is 2.44. The van der Waals surface area contributed by atoms with E-state index in [9.17, 15) is 0 Å². The molecule has 0 amide bonds. The summed E-state index contributed by atoms with van der Waals surface area (Å²) in [5.41, 5.74) is 21.9. The SMILES string of the molecule is c1ccc(-c2nc(-c3cc(-n4c5ccccc5c5cc(-c6ccc7c(c6)c6ccccc6n7-c6ccccc6)ccc54)cc(-n4c5ccccc5c5cc(-c6ccc7c(c6)c6ccccc6n7-c6ccccc6)ccc54)c3)c3c(ccc4ccccc43)n2)cc1. The van der Waals surface area contributed by atoms with Gasteiger partial charge in [0.1, 0.15) is 0 Å². The zero-order valence-electron chi connectivity index (χ0n) is 48.7. The minimum Gasteiger partial charge on any atom is -0.309 e. The summed E-state index contributed by atoms with van der Waals surface area (Å²) in [6.45, 7) is 0. The maximum atomic E-state index is 5.66. The van der Waals surface area contributed by atoms with Crippen molar-refractivity contribution >= 4 is 109 Å². The molecule has 6 nitrogen and oxygen atoms in total. The standard InChI is InChI=1S/C84H52N6/c1-4-21-54(22-5-1)84-85-73-41-36-53-20-10-11-27-64(53)82(73)83(86-84)59-46-62(89-76-34-18-14-30-67(76)71-50-57(39-44-80(71)89)55-37-42-78-69(48-55)65-28-12-16-32-74(65)87(78)60-23-6-2-7-24-60)52-63(47-59)90-77-35-19-15-31-68(77)72-51-58(40-45-81(72)90)56-38-43-79-70(49-56)66-29-13-17-33-75(66)88(79)61-25-8-3-9-26-61/h1-52H. The van der Waals surface area contributed by atoms with Crippen LogP contribution in [0.25, 0.3) is 177 Å². The molecule has 0 radical (unpaired) electrons. The second kappa shape index (κ2) is 19.7. The average Bonchev–Trinajstić information content (AvgIpc) is 1.56. The normalized spacial score (nSPS) is 12.0. The van der Waals surface area contributed by atoms with Crippen molar-refractivity contribution in [1.82, 2.24) is 28.2 Å². The molecule has 6 heteroatoms. The van der Waals surface area contributed by atoms with E-state index in [1.807, 2.05) is 6.07 Å². The Labute approximate surface area is 517 Å². The maximum Gasteiger partial charge on any atom is 0.160 e. The van der Waals surface area contributed by atoms with E-state index >= 15 is 0 Å². The Bertz CT molecular complexity index is 5850. The molecule has 19 aromatic rings. The lowest BCUT2D eigenvalue weighted by Crippen LogP contribution is -2.02. The number of hydrogen-bond donors (Lipinski definition) is 0. The van der Waals surface area contributed by atoms with Gasteiger partial charge in [0.05, 0.1) is 55.3 Å². The largest absolute Gasteiger partial charge is 0.309 e. The summed E-state index contributed by atoms with van der Waals surface area (Å²) in [5, 5.41) is 12.9. The van der Waals surface area contributed by atoms with E-state index in [-0.39, 0.29) is 0 Å². The number of hydrogen-bond acceptors (Lipinski definition) is 2. The van der Waals surface area contributed by atoms with Crippen LogP contribution in [0.15, 0.2) is 315 Å². The third-order valence-corrected chi connectivity index (χ3v) is 18.7. The van der Waals surface area contributed by atoms with Gasteiger partial charge >= 0.3 is 0 Å². The van der Waals surface area contributed by atoms with Crippen LogP contribution in [0.5, 0.6) is 0 Å². The van der Waals surface area contributed by atoms with Crippen LogP contribution < -0.4 is 0 Å². The Balaban J connectivity index is 0.838. The van der Waals surface area contributed by atoms with Crippen molar-refractivity contribution in [2.75, 3.05) is 0 Å². The first-order valence-electron chi connectivity index (χ1n) is 30.8. The molecule has 0 aliphatic rings. The summed E-state index contributed by atoms with van der Waals surface area (Å²) in [7, 11) is 0. The summed E-state index contributed by atoms with van der Waals surface area (Å²) < 4.78 is 9.70. The second-order valence-corrected chi connectivity index (χ2v) is 23.7. The van der Waals surface area contributed by atoms with Gasteiger partial charge in [0.2, 0.25) is 0 Å². The Morgan fingerprint density at radius 3 is 0.967 bits per heavy atom. The molecule has 0 saturated carbocycles. The van der Waals surface area contributed by atoms with Gasteiger partial charge in [-0.2, -0.15) is 0 Å². The van der Waals surface area contributed by atoms with Crippen molar-refractivity contribution in [3.8, 4) is 67.6 Å². The van der Waals surface area contributed by atoms with Crippen LogP contribution in [-0.4, -0.2) is 28.2 Å². The summed E-state index contributed by atoms with van der Waals surface area (Å²) in [5.74, 6) is 0.680. The molecule has 19 rings (SSSR count). The molecule has 0 saturated heterocycles. The average molecular weight is 1150 g/mol. The second-order valence-electron chi connectivity index (χ2n) is 23.7. The lowest BCUT2D eigenvalue weighted by molar-refractivity contribution is 1.13. The highest BCUT2D eigenvalue weighted by atomic mass is 15.0. The van der Waals surface area contributed by atoms with E-state index in [1.165, 1.54) is 76.3 Å². The molecule has 0 N–H and O–H groups in total. The van der Waals surface area contributed by atoms with Crippen molar-refractivity contribution in [2.24, 2.45) is 0 Å². The van der Waals surface area contributed by atoms with Crippen molar-refractivity contribution in [3.63, 3.8) is 0 Å². The zero-order chi connectivity index (χ0) is 59.0. The minimum atomic E-state index is 0.680. The smallest absolute Gasteiger partial charge is 0.160 e. The first-order chi connectivity index (χ1) is 44.6. The fourth-order valence-corrected chi connectivity index (χ4v) is 14.7. The van der Waals surface area contributed by atoms with E-state index in [1.54, 1.807) is 0 Å². The molecule has 0 bridgehead atoms. The summed E-state index contributed by atoms with van der Waals surface area (Å²) in [6, 6.07) is 115. The molecule has 418 valence electrons. The first kappa shape index (κ1) is 50.1. The number of fused-ring (bicyclic) bond motifs is 15. The molecule has 0 unspecified atom stereocenters. The summed E-state index contributed by atoms with van der Waals surface area (Å²) in [6.07, 6.45) is 0. The van der Waals surface area contributed by atoms with Crippen LogP contribution in [0.1, 0.15) is 0 Å². The van der Waals surface area contributed by atoms with Gasteiger partial charge in [-0.15, -0.1) is 0 Å². The van der Waals surface area contributed by atoms with E-state index in [0.717, 1.165) is 94.4 Å². The van der Waals surface area contributed by atoms with Crippen LogP contribution in [0.4, 0.5) is 0 Å². The van der Waals surface area contributed by atoms with Gasteiger partial charge in [0.25, 0.3) is 0 Å². The molecule has 0 spiro atoms. The molecular weight excluding hydrogens is 1090 g/mol. The third-order valence-electron chi connectivity index (χ3n) is 18.7. The number of nitrogens with zero attached hydrogens (tertiary/aromatic N) is 6. The maximum absolute atomic E-state index is 5.66. The first-order valence-corrected chi connectivity index (χ1v) is 30.8. The third kappa shape index (κ3) is 7.65. The number of aromatic nitrogens is 6. The lowest BCUT2D eigenvalue weighted by atomic mass is 9.98. The highest BCUT2D eigenvalue weighted by molar-refractivity contribution is 6.17.